The number of hydrogen-bond acceptors (Lipinski definition) is 4. The Morgan fingerprint density at radius 1 is 1.30 bits per heavy atom. The van der Waals surface area contributed by atoms with E-state index in [4.69, 9.17) is 4.74 Å². The quantitative estimate of drug-likeness (QED) is 0.735. The second-order valence-electron chi connectivity index (χ2n) is 6.38. The van der Waals surface area contributed by atoms with Crippen molar-refractivity contribution >= 4 is 35.6 Å². The lowest BCUT2D eigenvalue weighted by molar-refractivity contribution is -0.122. The summed E-state index contributed by atoms with van der Waals surface area (Å²) in [5.74, 6) is -0.869. The highest BCUT2D eigenvalue weighted by Crippen LogP contribution is 2.34. The van der Waals surface area contributed by atoms with Gasteiger partial charge in [-0.1, -0.05) is 12.1 Å². The van der Waals surface area contributed by atoms with Gasteiger partial charge in [0.05, 0.1) is 16.9 Å². The van der Waals surface area contributed by atoms with Crippen molar-refractivity contribution in [2.45, 2.75) is 26.0 Å². The molecule has 2 aliphatic heterocycles. The molecule has 2 aromatic carbocycles. The van der Waals surface area contributed by atoms with Gasteiger partial charge in [0.15, 0.2) is 11.9 Å². The number of amides is 2. The van der Waals surface area contributed by atoms with E-state index in [9.17, 15) is 14.0 Å². The Labute approximate surface area is 161 Å². The van der Waals surface area contributed by atoms with E-state index in [2.05, 4.69) is 16.0 Å². The number of anilines is 2. The van der Waals surface area contributed by atoms with Crippen LogP contribution in [0.1, 0.15) is 28.4 Å². The summed E-state index contributed by atoms with van der Waals surface area (Å²) in [6.45, 7) is 2.93. The largest absolute Gasteiger partial charge is 0.478 e. The highest BCUT2D eigenvalue weighted by atomic mass is 35.5. The fraction of sp³-hybridized carbons (Fsp3) is 0.263. The third kappa shape index (κ3) is 3.48. The average molecular weight is 392 g/mol. The minimum Gasteiger partial charge on any atom is -0.478 e. The van der Waals surface area contributed by atoms with Gasteiger partial charge < -0.3 is 20.7 Å². The minimum atomic E-state index is -0.704. The predicted molar refractivity (Wildman–Crippen MR) is 102 cm³/mol. The van der Waals surface area contributed by atoms with E-state index in [1.165, 1.54) is 0 Å². The zero-order chi connectivity index (χ0) is 18.3. The number of fused-ring (bicyclic) bond motifs is 2. The van der Waals surface area contributed by atoms with Crippen LogP contribution in [0, 0.1) is 5.82 Å². The van der Waals surface area contributed by atoms with Crippen molar-refractivity contribution in [3.05, 3.63) is 52.8 Å². The van der Waals surface area contributed by atoms with Gasteiger partial charge in [0.1, 0.15) is 5.82 Å². The monoisotopic (exact) mass is 391 g/mol. The fourth-order valence-corrected chi connectivity index (χ4v) is 3.23. The van der Waals surface area contributed by atoms with Gasteiger partial charge in [-0.3, -0.25) is 9.59 Å². The smallest absolute Gasteiger partial charge is 0.265 e. The first-order valence-electron chi connectivity index (χ1n) is 8.47. The molecule has 3 N–H and O–H groups in total. The first-order chi connectivity index (χ1) is 12.5. The Bertz CT molecular complexity index is 919. The third-order valence-corrected chi connectivity index (χ3v) is 4.64. The normalized spacial score (nSPS) is 17.6. The molecule has 0 radical (unpaired) electrons. The standard InChI is InChI=1S/C19H18FN3O3.ClH/c1-10-18(24)23-15-4-2-3-13(17(15)26-10)19(25)22-14-6-5-11-9-21-8-7-12(11)16(14)20;/h2-6,10,21H,7-9H2,1H3,(H,22,25)(H,23,24);1H. The summed E-state index contributed by atoms with van der Waals surface area (Å²) >= 11 is 0. The maximum absolute atomic E-state index is 14.8. The molecule has 2 heterocycles. The number of rotatable bonds is 2. The zero-order valence-electron chi connectivity index (χ0n) is 14.6. The van der Waals surface area contributed by atoms with Crippen molar-refractivity contribution in [2.24, 2.45) is 0 Å². The lowest BCUT2D eigenvalue weighted by Crippen LogP contribution is -2.35. The molecule has 0 aromatic heterocycles. The molecule has 2 amide bonds. The number of para-hydroxylation sites is 1. The average Bonchev–Trinajstić information content (AvgIpc) is 2.64. The van der Waals surface area contributed by atoms with Gasteiger partial charge in [0.2, 0.25) is 0 Å². The summed E-state index contributed by atoms with van der Waals surface area (Å²) in [5, 5.41) is 8.51. The number of halogens is 2. The zero-order valence-corrected chi connectivity index (χ0v) is 15.4. The fourth-order valence-electron chi connectivity index (χ4n) is 3.23. The van der Waals surface area contributed by atoms with E-state index in [1.54, 1.807) is 31.2 Å². The molecule has 0 saturated heterocycles. The molecule has 1 unspecified atom stereocenters. The Morgan fingerprint density at radius 3 is 2.93 bits per heavy atom. The van der Waals surface area contributed by atoms with Crippen LogP contribution in [0.25, 0.3) is 0 Å². The molecule has 6 nitrogen and oxygen atoms in total. The van der Waals surface area contributed by atoms with Gasteiger partial charge in [-0.15, -0.1) is 12.4 Å². The summed E-state index contributed by atoms with van der Waals surface area (Å²) in [4.78, 5) is 24.4. The van der Waals surface area contributed by atoms with Crippen LogP contribution in [0.3, 0.4) is 0 Å². The van der Waals surface area contributed by atoms with E-state index in [1.807, 2.05) is 6.07 Å². The molecule has 0 aliphatic carbocycles. The molecule has 1 atom stereocenters. The van der Waals surface area contributed by atoms with Crippen LogP contribution < -0.4 is 20.7 Å². The van der Waals surface area contributed by atoms with Crippen molar-refractivity contribution in [1.82, 2.24) is 5.32 Å². The van der Waals surface area contributed by atoms with E-state index < -0.39 is 17.8 Å². The molecule has 2 aliphatic rings. The number of carbonyl (C=O) groups is 2. The SMILES string of the molecule is CC1Oc2c(cccc2C(=O)Nc2ccc3c(c2F)CCNC3)NC1=O.Cl. The molecule has 4 rings (SSSR count). The van der Waals surface area contributed by atoms with Crippen LogP contribution in [0.4, 0.5) is 15.8 Å². The highest BCUT2D eigenvalue weighted by molar-refractivity contribution is 6.09. The van der Waals surface area contributed by atoms with Gasteiger partial charge in [0, 0.05) is 6.54 Å². The minimum absolute atomic E-state index is 0. The van der Waals surface area contributed by atoms with Crippen LogP contribution in [0.2, 0.25) is 0 Å². The van der Waals surface area contributed by atoms with Crippen LogP contribution in [0.15, 0.2) is 30.3 Å². The molecule has 8 heteroatoms. The van der Waals surface area contributed by atoms with Crippen LogP contribution in [-0.2, 0) is 17.8 Å². The molecule has 142 valence electrons. The number of carbonyl (C=O) groups excluding carboxylic acids is 2. The Hall–Kier alpha value is -2.64. The maximum Gasteiger partial charge on any atom is 0.265 e. The summed E-state index contributed by atoms with van der Waals surface area (Å²) < 4.78 is 20.3. The van der Waals surface area contributed by atoms with Crippen molar-refractivity contribution in [1.29, 1.82) is 0 Å². The summed E-state index contributed by atoms with van der Waals surface area (Å²) in [5.41, 5.74) is 2.35. The van der Waals surface area contributed by atoms with Gasteiger partial charge in [-0.25, -0.2) is 4.39 Å². The Morgan fingerprint density at radius 2 is 2.11 bits per heavy atom. The van der Waals surface area contributed by atoms with Crippen molar-refractivity contribution in [3.8, 4) is 5.75 Å². The molecule has 0 saturated carbocycles. The van der Waals surface area contributed by atoms with Gasteiger partial charge in [-0.05, 0) is 49.2 Å². The van der Waals surface area contributed by atoms with Crippen molar-refractivity contribution in [3.63, 3.8) is 0 Å². The van der Waals surface area contributed by atoms with Crippen LogP contribution in [0.5, 0.6) is 5.75 Å². The first-order valence-corrected chi connectivity index (χ1v) is 8.47. The lowest BCUT2D eigenvalue weighted by atomic mass is 9.99. The first kappa shape index (κ1) is 19.1. The van der Waals surface area contributed by atoms with Crippen LogP contribution in [-0.4, -0.2) is 24.5 Å². The number of benzene rings is 2. The highest BCUT2D eigenvalue weighted by Gasteiger charge is 2.28. The van der Waals surface area contributed by atoms with E-state index >= 15 is 0 Å². The van der Waals surface area contributed by atoms with Crippen LogP contribution >= 0.6 is 12.4 Å². The molecule has 0 bridgehead atoms. The topological polar surface area (TPSA) is 79.5 Å². The predicted octanol–water partition coefficient (Wildman–Crippen LogP) is 2.86. The lowest BCUT2D eigenvalue weighted by Gasteiger charge is -2.25. The maximum atomic E-state index is 14.8. The van der Waals surface area contributed by atoms with Crippen molar-refractivity contribution in [2.75, 3.05) is 17.2 Å². The number of hydrogen-bond donors (Lipinski definition) is 3. The second-order valence-corrected chi connectivity index (χ2v) is 6.38. The van der Waals surface area contributed by atoms with E-state index in [-0.39, 0.29) is 29.6 Å². The molecular weight excluding hydrogens is 373 g/mol. The van der Waals surface area contributed by atoms with E-state index in [0.717, 1.165) is 5.56 Å². The summed E-state index contributed by atoms with van der Waals surface area (Å²) in [7, 11) is 0. The summed E-state index contributed by atoms with van der Waals surface area (Å²) in [6.07, 6.45) is -0.123. The summed E-state index contributed by atoms with van der Waals surface area (Å²) in [6, 6.07) is 8.27. The van der Waals surface area contributed by atoms with Gasteiger partial charge in [0.25, 0.3) is 11.8 Å². The second kappa shape index (κ2) is 7.54. The number of nitrogens with one attached hydrogen (secondary N) is 3. The molecule has 0 fully saturated rings. The van der Waals surface area contributed by atoms with Gasteiger partial charge in [-0.2, -0.15) is 0 Å². The molecule has 27 heavy (non-hydrogen) atoms. The molecular formula is C19H19ClFN3O3. The number of ether oxygens (including phenoxy) is 1. The van der Waals surface area contributed by atoms with Crippen molar-refractivity contribution < 1.29 is 18.7 Å². The van der Waals surface area contributed by atoms with Gasteiger partial charge >= 0.3 is 0 Å². The Balaban J connectivity index is 0.00000210. The molecule has 0 spiro atoms. The third-order valence-electron chi connectivity index (χ3n) is 4.64. The molecule has 2 aromatic rings. The van der Waals surface area contributed by atoms with E-state index in [0.29, 0.717) is 36.5 Å². The Kier molecular flexibility index (Phi) is 5.34.